The Bertz CT molecular complexity index is 531. The number of aliphatic hydroxyl groups is 1. The molecule has 2 aromatic rings. The number of aliphatic hydroxyl groups excluding tert-OH is 1. The van der Waals surface area contributed by atoms with E-state index in [2.05, 4.69) is 16.4 Å². The average Bonchev–Trinajstić information content (AvgIpc) is 2.92. The number of anilines is 1. The molecule has 0 bridgehead atoms. The highest BCUT2D eigenvalue weighted by molar-refractivity contribution is 5.52. The van der Waals surface area contributed by atoms with Gasteiger partial charge in [0, 0.05) is 12.8 Å². The number of furan rings is 1. The number of pyridine rings is 1. The molecule has 0 aliphatic heterocycles. The zero-order valence-corrected chi connectivity index (χ0v) is 9.71. The van der Waals surface area contributed by atoms with Crippen molar-refractivity contribution in [3.63, 3.8) is 0 Å². The first-order valence-corrected chi connectivity index (χ1v) is 5.61. The van der Waals surface area contributed by atoms with Crippen LogP contribution in [0.4, 0.5) is 5.82 Å². The fourth-order valence-corrected chi connectivity index (χ4v) is 1.68. The molecule has 5 nitrogen and oxygen atoms in total. The van der Waals surface area contributed by atoms with Gasteiger partial charge in [-0.05, 0) is 30.7 Å². The molecule has 0 saturated carbocycles. The zero-order chi connectivity index (χ0) is 12.8. The van der Waals surface area contributed by atoms with Crippen LogP contribution in [0.2, 0.25) is 0 Å². The molecule has 0 aliphatic carbocycles. The Balaban J connectivity index is 2.22. The minimum atomic E-state index is -0.202. The molecular weight excluding hydrogens is 230 g/mol. The predicted octanol–water partition coefficient (Wildman–Crippen LogP) is 2.08. The van der Waals surface area contributed by atoms with E-state index in [9.17, 15) is 0 Å². The van der Waals surface area contributed by atoms with Gasteiger partial charge in [-0.25, -0.2) is 4.98 Å². The first-order valence-electron chi connectivity index (χ1n) is 5.61. The Hall–Kier alpha value is -2.32. The molecule has 1 unspecified atom stereocenters. The highest BCUT2D eigenvalue weighted by atomic mass is 16.3. The van der Waals surface area contributed by atoms with Crippen LogP contribution in [0.5, 0.6) is 0 Å². The van der Waals surface area contributed by atoms with Gasteiger partial charge in [-0.2, -0.15) is 5.26 Å². The van der Waals surface area contributed by atoms with Crippen molar-refractivity contribution in [2.75, 3.05) is 11.9 Å². The van der Waals surface area contributed by atoms with E-state index in [0.29, 0.717) is 23.6 Å². The van der Waals surface area contributed by atoms with Crippen molar-refractivity contribution < 1.29 is 9.52 Å². The standard InChI is InChI=1S/C13H13N3O2/c14-9-10-3-1-6-15-13(10)16-11(5-7-17)12-4-2-8-18-12/h1-4,6,8,11,17H,5,7H2,(H,15,16). The third-order valence-corrected chi connectivity index (χ3v) is 2.54. The van der Waals surface area contributed by atoms with E-state index in [1.165, 1.54) is 0 Å². The molecule has 2 N–H and O–H groups in total. The van der Waals surface area contributed by atoms with E-state index in [1.807, 2.05) is 6.07 Å². The van der Waals surface area contributed by atoms with Gasteiger partial charge in [0.2, 0.25) is 0 Å². The van der Waals surface area contributed by atoms with Crippen LogP contribution in [0.25, 0.3) is 0 Å². The number of nitrogens with zero attached hydrogens (tertiary/aromatic N) is 2. The molecule has 5 heteroatoms. The largest absolute Gasteiger partial charge is 0.467 e. The number of nitriles is 1. The highest BCUT2D eigenvalue weighted by Crippen LogP contribution is 2.23. The molecule has 2 aromatic heterocycles. The van der Waals surface area contributed by atoms with E-state index >= 15 is 0 Å². The van der Waals surface area contributed by atoms with Crippen LogP contribution in [0.3, 0.4) is 0 Å². The summed E-state index contributed by atoms with van der Waals surface area (Å²) < 4.78 is 5.31. The monoisotopic (exact) mass is 243 g/mol. The molecule has 0 spiro atoms. The summed E-state index contributed by atoms with van der Waals surface area (Å²) in [5, 5.41) is 21.2. The lowest BCUT2D eigenvalue weighted by Gasteiger charge is -2.16. The van der Waals surface area contributed by atoms with Gasteiger partial charge in [-0.1, -0.05) is 0 Å². The van der Waals surface area contributed by atoms with E-state index in [0.717, 1.165) is 0 Å². The summed E-state index contributed by atoms with van der Waals surface area (Å²) in [7, 11) is 0. The van der Waals surface area contributed by atoms with Crippen molar-refractivity contribution >= 4 is 5.82 Å². The Labute approximate surface area is 105 Å². The third-order valence-electron chi connectivity index (χ3n) is 2.54. The molecule has 18 heavy (non-hydrogen) atoms. The molecule has 92 valence electrons. The molecule has 2 rings (SSSR count). The molecule has 1 atom stereocenters. The minimum Gasteiger partial charge on any atom is -0.467 e. The maximum atomic E-state index is 9.07. The molecule has 0 aromatic carbocycles. The Morgan fingerprint density at radius 2 is 2.33 bits per heavy atom. The van der Waals surface area contributed by atoms with Crippen LogP contribution >= 0.6 is 0 Å². The van der Waals surface area contributed by atoms with Crippen molar-refractivity contribution in [1.29, 1.82) is 5.26 Å². The van der Waals surface area contributed by atoms with Crippen molar-refractivity contribution in [1.82, 2.24) is 4.98 Å². The Morgan fingerprint density at radius 1 is 1.44 bits per heavy atom. The summed E-state index contributed by atoms with van der Waals surface area (Å²) in [5.41, 5.74) is 0.465. The first kappa shape index (κ1) is 12.1. The summed E-state index contributed by atoms with van der Waals surface area (Å²) in [6, 6.07) is 8.87. The Kier molecular flexibility index (Phi) is 3.94. The SMILES string of the molecule is N#Cc1cccnc1NC(CCO)c1ccco1. The van der Waals surface area contributed by atoms with Crippen molar-refractivity contribution in [3.05, 3.63) is 48.0 Å². The van der Waals surface area contributed by atoms with Gasteiger partial charge in [0.05, 0.1) is 17.9 Å². The fourth-order valence-electron chi connectivity index (χ4n) is 1.68. The molecular formula is C13H13N3O2. The highest BCUT2D eigenvalue weighted by Gasteiger charge is 2.15. The summed E-state index contributed by atoms with van der Waals surface area (Å²) in [6.45, 7) is 0.0209. The second-order valence-corrected chi connectivity index (χ2v) is 3.74. The number of rotatable bonds is 5. The lowest BCUT2D eigenvalue weighted by Crippen LogP contribution is -2.13. The van der Waals surface area contributed by atoms with Crippen LogP contribution in [-0.2, 0) is 0 Å². The Morgan fingerprint density at radius 3 is 3.00 bits per heavy atom. The van der Waals surface area contributed by atoms with Crippen LogP contribution in [0.1, 0.15) is 23.8 Å². The van der Waals surface area contributed by atoms with Crippen molar-refractivity contribution in [3.8, 4) is 6.07 Å². The smallest absolute Gasteiger partial charge is 0.144 e. The number of aromatic nitrogens is 1. The summed E-state index contributed by atoms with van der Waals surface area (Å²) in [4.78, 5) is 4.12. The molecule has 0 saturated heterocycles. The van der Waals surface area contributed by atoms with Crippen LogP contribution in [-0.4, -0.2) is 16.7 Å². The fraction of sp³-hybridized carbons (Fsp3) is 0.231. The van der Waals surface area contributed by atoms with Crippen molar-refractivity contribution in [2.45, 2.75) is 12.5 Å². The van der Waals surface area contributed by atoms with Gasteiger partial charge in [0.25, 0.3) is 0 Å². The number of hydrogen-bond acceptors (Lipinski definition) is 5. The normalized spacial score (nSPS) is 11.8. The minimum absolute atomic E-state index is 0.0209. The third kappa shape index (κ3) is 2.67. The topological polar surface area (TPSA) is 82.1 Å². The average molecular weight is 243 g/mol. The molecule has 0 amide bonds. The summed E-state index contributed by atoms with van der Waals surface area (Å²) >= 11 is 0. The van der Waals surface area contributed by atoms with E-state index in [1.54, 1.807) is 30.7 Å². The van der Waals surface area contributed by atoms with Gasteiger partial charge in [0.1, 0.15) is 17.6 Å². The van der Waals surface area contributed by atoms with E-state index in [-0.39, 0.29) is 12.6 Å². The number of nitrogens with one attached hydrogen (secondary N) is 1. The molecule has 2 heterocycles. The summed E-state index contributed by atoms with van der Waals surface area (Å²) in [5.74, 6) is 1.20. The second-order valence-electron chi connectivity index (χ2n) is 3.74. The maximum Gasteiger partial charge on any atom is 0.144 e. The first-order chi connectivity index (χ1) is 8.85. The zero-order valence-electron chi connectivity index (χ0n) is 9.71. The lowest BCUT2D eigenvalue weighted by atomic mass is 10.1. The van der Waals surface area contributed by atoms with E-state index in [4.69, 9.17) is 14.8 Å². The van der Waals surface area contributed by atoms with Crippen LogP contribution in [0, 0.1) is 11.3 Å². The quantitative estimate of drug-likeness (QED) is 0.840. The lowest BCUT2D eigenvalue weighted by molar-refractivity contribution is 0.273. The second kappa shape index (κ2) is 5.84. The maximum absolute atomic E-state index is 9.07. The van der Waals surface area contributed by atoms with Crippen LogP contribution < -0.4 is 5.32 Å². The summed E-state index contributed by atoms with van der Waals surface area (Å²) in [6.07, 6.45) is 3.67. The molecule has 0 radical (unpaired) electrons. The van der Waals surface area contributed by atoms with E-state index < -0.39 is 0 Å². The van der Waals surface area contributed by atoms with Gasteiger partial charge >= 0.3 is 0 Å². The predicted molar refractivity (Wildman–Crippen MR) is 65.7 cm³/mol. The van der Waals surface area contributed by atoms with Crippen molar-refractivity contribution in [2.24, 2.45) is 0 Å². The van der Waals surface area contributed by atoms with Gasteiger partial charge < -0.3 is 14.8 Å². The molecule has 0 aliphatic rings. The van der Waals surface area contributed by atoms with Crippen LogP contribution in [0.15, 0.2) is 41.1 Å². The number of hydrogen-bond donors (Lipinski definition) is 2. The molecule has 0 fully saturated rings. The van der Waals surface area contributed by atoms with Gasteiger partial charge in [-0.3, -0.25) is 0 Å². The van der Waals surface area contributed by atoms with Gasteiger partial charge in [-0.15, -0.1) is 0 Å². The van der Waals surface area contributed by atoms with Gasteiger partial charge in [0.15, 0.2) is 0 Å².